The van der Waals surface area contributed by atoms with E-state index in [1.807, 2.05) is 44.2 Å². The zero-order valence-electron chi connectivity index (χ0n) is 25.2. The summed E-state index contributed by atoms with van der Waals surface area (Å²) in [6, 6.07) is 16.7. The molecular formula is C31H38ClN3O7S. The zero-order chi connectivity index (χ0) is 31.7. The fraction of sp³-hybridized carbons (Fsp3) is 0.355. The molecule has 3 aromatic rings. The number of amides is 2. The van der Waals surface area contributed by atoms with Gasteiger partial charge in [-0.25, -0.2) is 8.42 Å². The van der Waals surface area contributed by atoms with Crippen molar-refractivity contribution in [2.45, 2.75) is 50.7 Å². The lowest BCUT2D eigenvalue weighted by molar-refractivity contribution is -0.139. The maximum absolute atomic E-state index is 14.3. The molecular weight excluding hydrogens is 594 g/mol. The Bertz CT molecular complexity index is 1520. The number of nitrogens with one attached hydrogen (secondary N) is 1. The molecule has 0 fully saturated rings. The van der Waals surface area contributed by atoms with Crippen molar-refractivity contribution in [2.24, 2.45) is 0 Å². The Labute approximate surface area is 258 Å². The highest BCUT2D eigenvalue weighted by Gasteiger charge is 2.34. The van der Waals surface area contributed by atoms with Crippen molar-refractivity contribution >= 4 is 39.1 Å². The smallest absolute Gasteiger partial charge is 0.265 e. The molecule has 0 saturated carbocycles. The van der Waals surface area contributed by atoms with Crippen LogP contribution in [-0.4, -0.2) is 65.1 Å². The van der Waals surface area contributed by atoms with Crippen molar-refractivity contribution < 1.29 is 32.2 Å². The molecule has 0 spiro atoms. The zero-order valence-corrected chi connectivity index (χ0v) is 26.7. The summed E-state index contributed by atoms with van der Waals surface area (Å²) in [5.74, 6) is -0.262. The summed E-state index contributed by atoms with van der Waals surface area (Å²) in [6.07, 6.45) is 0.705. The average molecular weight is 632 g/mol. The SMILES string of the molecule is CC[C@H](C)NC(=O)[C@@H](C)N(Cc1ccccc1)C(=O)CN(c1cc(Cl)ccc1OC)S(=O)(=O)c1ccc(OC)c(OC)c1. The first kappa shape index (κ1) is 33.5. The number of halogens is 1. The quantitative estimate of drug-likeness (QED) is 0.269. The lowest BCUT2D eigenvalue weighted by Gasteiger charge is -2.33. The maximum atomic E-state index is 14.3. The topological polar surface area (TPSA) is 114 Å². The second-order valence-electron chi connectivity index (χ2n) is 9.85. The van der Waals surface area contributed by atoms with Gasteiger partial charge in [0, 0.05) is 23.7 Å². The van der Waals surface area contributed by atoms with Crippen molar-refractivity contribution in [3.05, 3.63) is 77.3 Å². The monoisotopic (exact) mass is 631 g/mol. The molecule has 0 aromatic heterocycles. The Kier molecular flexibility index (Phi) is 11.7. The molecule has 3 aromatic carbocycles. The van der Waals surface area contributed by atoms with Gasteiger partial charge in [-0.05, 0) is 56.2 Å². The van der Waals surface area contributed by atoms with Gasteiger partial charge in [-0.1, -0.05) is 48.9 Å². The van der Waals surface area contributed by atoms with Crippen LogP contribution in [0.4, 0.5) is 5.69 Å². The minimum Gasteiger partial charge on any atom is -0.495 e. The number of rotatable bonds is 14. The van der Waals surface area contributed by atoms with Gasteiger partial charge in [0.15, 0.2) is 11.5 Å². The third-order valence-corrected chi connectivity index (χ3v) is 8.99. The molecule has 0 aliphatic heterocycles. The lowest BCUT2D eigenvalue weighted by atomic mass is 10.1. The molecule has 0 unspecified atom stereocenters. The first-order valence-corrected chi connectivity index (χ1v) is 15.5. The summed E-state index contributed by atoms with van der Waals surface area (Å²) in [6.45, 7) is 4.85. The van der Waals surface area contributed by atoms with Gasteiger partial charge in [0.2, 0.25) is 11.8 Å². The normalized spacial score (nSPS) is 12.5. The van der Waals surface area contributed by atoms with Gasteiger partial charge < -0.3 is 24.4 Å². The summed E-state index contributed by atoms with van der Waals surface area (Å²) < 4.78 is 45.5. The number of methoxy groups -OCH3 is 3. The lowest BCUT2D eigenvalue weighted by Crippen LogP contribution is -2.52. The highest BCUT2D eigenvalue weighted by atomic mass is 35.5. The molecule has 12 heteroatoms. The molecule has 43 heavy (non-hydrogen) atoms. The summed E-state index contributed by atoms with van der Waals surface area (Å²) in [4.78, 5) is 28.5. The molecule has 232 valence electrons. The van der Waals surface area contributed by atoms with Crippen LogP contribution in [0.2, 0.25) is 5.02 Å². The van der Waals surface area contributed by atoms with Gasteiger partial charge in [0.05, 0.1) is 31.9 Å². The number of benzene rings is 3. The number of carbonyl (C=O) groups excluding carboxylic acids is 2. The molecule has 0 radical (unpaired) electrons. The summed E-state index contributed by atoms with van der Waals surface area (Å²) in [5, 5.41) is 3.15. The number of hydrogen-bond acceptors (Lipinski definition) is 7. The Morgan fingerprint density at radius 2 is 1.51 bits per heavy atom. The van der Waals surface area contributed by atoms with Gasteiger partial charge >= 0.3 is 0 Å². The Morgan fingerprint density at radius 1 is 0.884 bits per heavy atom. The first-order chi connectivity index (χ1) is 20.5. The summed E-state index contributed by atoms with van der Waals surface area (Å²) in [5.41, 5.74) is 0.822. The standard InChI is InChI=1S/C31H38ClN3O7S/c1-7-21(2)33-31(37)22(3)34(19-23-11-9-8-10-12-23)30(36)20-35(26-17-24(32)13-15-27(26)40-4)43(38,39)25-14-16-28(41-5)29(18-25)42-6/h8-18,21-22H,7,19-20H2,1-6H3,(H,33,37)/t21-,22+/m0/s1. The van der Waals surface area contributed by atoms with Crippen molar-refractivity contribution in [3.63, 3.8) is 0 Å². The summed E-state index contributed by atoms with van der Waals surface area (Å²) >= 11 is 6.30. The van der Waals surface area contributed by atoms with Crippen LogP contribution in [0.15, 0.2) is 71.6 Å². The molecule has 0 aliphatic carbocycles. The Hall–Kier alpha value is -3.96. The van der Waals surface area contributed by atoms with Crippen LogP contribution in [0, 0.1) is 0 Å². The van der Waals surface area contributed by atoms with Crippen LogP contribution in [-0.2, 0) is 26.2 Å². The molecule has 1 N–H and O–H groups in total. The number of sulfonamides is 1. The fourth-order valence-electron chi connectivity index (χ4n) is 4.30. The number of ether oxygens (including phenoxy) is 3. The molecule has 0 bridgehead atoms. The van der Waals surface area contributed by atoms with E-state index >= 15 is 0 Å². The van der Waals surface area contributed by atoms with Crippen LogP contribution >= 0.6 is 11.6 Å². The van der Waals surface area contributed by atoms with E-state index in [1.54, 1.807) is 13.0 Å². The largest absolute Gasteiger partial charge is 0.495 e. The Balaban J connectivity index is 2.13. The highest BCUT2D eigenvalue weighted by molar-refractivity contribution is 7.92. The summed E-state index contributed by atoms with van der Waals surface area (Å²) in [7, 11) is -0.203. The minimum atomic E-state index is -4.42. The van der Waals surface area contributed by atoms with Gasteiger partial charge in [-0.2, -0.15) is 0 Å². The molecule has 2 amide bonds. The molecule has 0 heterocycles. The number of anilines is 1. The van der Waals surface area contributed by atoms with Crippen LogP contribution < -0.4 is 23.8 Å². The van der Waals surface area contributed by atoms with Crippen LogP contribution in [0.5, 0.6) is 17.2 Å². The molecule has 3 rings (SSSR count). The number of hydrogen-bond donors (Lipinski definition) is 1. The van der Waals surface area contributed by atoms with Gasteiger partial charge in [-0.15, -0.1) is 0 Å². The highest BCUT2D eigenvalue weighted by Crippen LogP contribution is 2.37. The van der Waals surface area contributed by atoms with E-state index in [-0.39, 0.29) is 45.6 Å². The second-order valence-corrected chi connectivity index (χ2v) is 12.1. The fourth-order valence-corrected chi connectivity index (χ4v) is 5.90. The van der Waals surface area contributed by atoms with Gasteiger partial charge in [-0.3, -0.25) is 13.9 Å². The van der Waals surface area contributed by atoms with Crippen LogP contribution in [0.3, 0.4) is 0 Å². The second kappa shape index (κ2) is 15.0. The van der Waals surface area contributed by atoms with E-state index in [4.69, 9.17) is 25.8 Å². The van der Waals surface area contributed by atoms with E-state index in [0.29, 0.717) is 12.2 Å². The molecule has 10 nitrogen and oxygen atoms in total. The predicted octanol–water partition coefficient (Wildman–Crippen LogP) is 4.89. The number of carbonyl (C=O) groups is 2. The first-order valence-electron chi connectivity index (χ1n) is 13.7. The third-order valence-electron chi connectivity index (χ3n) is 7.00. The molecule has 0 saturated heterocycles. The van der Waals surface area contributed by atoms with Gasteiger partial charge in [0.1, 0.15) is 18.3 Å². The van der Waals surface area contributed by atoms with E-state index in [9.17, 15) is 18.0 Å². The maximum Gasteiger partial charge on any atom is 0.265 e. The third kappa shape index (κ3) is 8.11. The van der Waals surface area contributed by atoms with Crippen molar-refractivity contribution in [1.82, 2.24) is 10.2 Å². The van der Waals surface area contributed by atoms with E-state index in [2.05, 4.69) is 5.32 Å². The van der Waals surface area contributed by atoms with Crippen molar-refractivity contribution in [2.75, 3.05) is 32.2 Å². The Morgan fingerprint density at radius 3 is 2.12 bits per heavy atom. The predicted molar refractivity (Wildman–Crippen MR) is 166 cm³/mol. The van der Waals surface area contributed by atoms with Crippen molar-refractivity contribution in [3.8, 4) is 17.2 Å². The van der Waals surface area contributed by atoms with E-state index < -0.39 is 28.5 Å². The van der Waals surface area contributed by atoms with E-state index in [1.165, 1.54) is 56.6 Å². The molecule has 0 aliphatic rings. The van der Waals surface area contributed by atoms with Crippen molar-refractivity contribution in [1.29, 1.82) is 0 Å². The van der Waals surface area contributed by atoms with Gasteiger partial charge in [0.25, 0.3) is 10.0 Å². The van der Waals surface area contributed by atoms with E-state index in [0.717, 1.165) is 9.87 Å². The number of nitrogens with zero attached hydrogens (tertiary/aromatic N) is 2. The average Bonchev–Trinajstić information content (AvgIpc) is 3.01. The minimum absolute atomic E-state index is 0.0505. The molecule has 2 atom stereocenters. The van der Waals surface area contributed by atoms with Crippen LogP contribution in [0.25, 0.3) is 0 Å². The van der Waals surface area contributed by atoms with Crippen LogP contribution in [0.1, 0.15) is 32.8 Å².